The molecule has 0 saturated heterocycles. The van der Waals surface area contributed by atoms with Gasteiger partial charge in [-0.2, -0.15) is 0 Å². The molecule has 0 unspecified atom stereocenters. The van der Waals surface area contributed by atoms with Crippen molar-refractivity contribution in [2.75, 3.05) is 11.4 Å². The normalized spacial score (nSPS) is 11.1. The molecule has 6 nitrogen and oxygen atoms in total. The van der Waals surface area contributed by atoms with Gasteiger partial charge in [0.2, 0.25) is 11.8 Å². The molecule has 3 rings (SSSR count). The van der Waals surface area contributed by atoms with Gasteiger partial charge in [0.25, 0.3) is 0 Å². The van der Waals surface area contributed by atoms with E-state index in [1.165, 1.54) is 5.39 Å². The van der Waals surface area contributed by atoms with Crippen LogP contribution in [0.5, 0.6) is 0 Å². The molecule has 1 heterocycles. The number of hydroxylamine groups is 1. The number of hydrogen-bond donors (Lipinski definition) is 3. The average Bonchev–Trinajstić information content (AvgIpc) is 3.26. The van der Waals surface area contributed by atoms with Gasteiger partial charge >= 0.3 is 0 Å². The minimum absolute atomic E-state index is 0.0804. The van der Waals surface area contributed by atoms with Gasteiger partial charge in [0.1, 0.15) is 0 Å². The van der Waals surface area contributed by atoms with Gasteiger partial charge in [-0.05, 0) is 53.6 Å². The summed E-state index contributed by atoms with van der Waals surface area (Å²) in [5.74, 6) is -0.324. The number of carbonyl (C=O) groups is 2. The lowest BCUT2D eigenvalue weighted by Gasteiger charge is -2.25. The number of nitrogens with one attached hydrogen (secondary N) is 2. The predicted octanol–water partition coefficient (Wildman–Crippen LogP) is 5.28. The van der Waals surface area contributed by atoms with Crippen molar-refractivity contribution in [1.82, 2.24) is 10.5 Å². The molecule has 0 aliphatic rings. The summed E-state index contributed by atoms with van der Waals surface area (Å²) in [5, 5.41) is 9.72. The lowest BCUT2D eigenvalue weighted by Crippen LogP contribution is -2.35. The summed E-state index contributed by atoms with van der Waals surface area (Å²) in [5.41, 5.74) is 5.91. The second kappa shape index (κ2) is 10.8. The summed E-state index contributed by atoms with van der Waals surface area (Å²) in [7, 11) is 0. The van der Waals surface area contributed by atoms with Crippen LogP contribution in [0.4, 0.5) is 5.69 Å². The third kappa shape index (κ3) is 5.95. The van der Waals surface area contributed by atoms with Crippen molar-refractivity contribution < 1.29 is 14.8 Å². The Kier molecular flexibility index (Phi) is 7.84. The number of fused-ring (bicyclic) bond motifs is 1. The number of anilines is 1. The van der Waals surface area contributed by atoms with Crippen molar-refractivity contribution in [3.63, 3.8) is 0 Å². The van der Waals surface area contributed by atoms with Crippen molar-refractivity contribution in [3.8, 4) is 11.1 Å². The fraction of sp³-hybridized carbons (Fsp3) is 0.360. The van der Waals surface area contributed by atoms with Gasteiger partial charge in [-0.25, -0.2) is 5.48 Å². The second-order valence-electron chi connectivity index (χ2n) is 8.17. The number of benzene rings is 2. The van der Waals surface area contributed by atoms with Crippen molar-refractivity contribution in [3.05, 3.63) is 54.7 Å². The Morgan fingerprint density at radius 1 is 0.968 bits per heavy atom. The predicted molar refractivity (Wildman–Crippen MR) is 124 cm³/mol. The average molecular weight is 422 g/mol. The Bertz CT molecular complexity index is 1010. The molecule has 0 atom stereocenters. The highest BCUT2D eigenvalue weighted by Crippen LogP contribution is 2.27. The Morgan fingerprint density at radius 2 is 1.68 bits per heavy atom. The quantitative estimate of drug-likeness (QED) is 0.236. The van der Waals surface area contributed by atoms with E-state index in [0.29, 0.717) is 13.0 Å². The topological polar surface area (TPSA) is 85.4 Å². The lowest BCUT2D eigenvalue weighted by atomic mass is 10.0. The first kappa shape index (κ1) is 22.6. The van der Waals surface area contributed by atoms with Crippen LogP contribution in [0.15, 0.2) is 54.7 Å². The van der Waals surface area contributed by atoms with Gasteiger partial charge < -0.3 is 9.88 Å². The summed E-state index contributed by atoms with van der Waals surface area (Å²) in [6.45, 7) is 4.49. The Hall–Kier alpha value is -3.12. The van der Waals surface area contributed by atoms with Crippen LogP contribution in [0, 0.1) is 5.92 Å². The fourth-order valence-corrected chi connectivity index (χ4v) is 3.70. The molecule has 3 N–H and O–H groups in total. The number of unbranched alkanes of at least 4 members (excludes halogenated alkanes) is 3. The smallest absolute Gasteiger partial charge is 0.243 e. The first-order valence-corrected chi connectivity index (χ1v) is 10.9. The number of aromatic nitrogens is 1. The maximum Gasteiger partial charge on any atom is 0.243 e. The number of amides is 2. The number of aromatic amines is 1. The van der Waals surface area contributed by atoms with E-state index in [0.717, 1.165) is 48.0 Å². The molecule has 31 heavy (non-hydrogen) atoms. The number of hydrogen-bond acceptors (Lipinski definition) is 3. The van der Waals surface area contributed by atoms with Crippen LogP contribution in [0.25, 0.3) is 22.0 Å². The zero-order valence-electron chi connectivity index (χ0n) is 18.2. The van der Waals surface area contributed by atoms with E-state index < -0.39 is 0 Å². The Balaban J connectivity index is 1.64. The summed E-state index contributed by atoms with van der Waals surface area (Å²) in [4.78, 5) is 29.0. The van der Waals surface area contributed by atoms with E-state index in [2.05, 4.69) is 41.4 Å². The molecule has 0 aliphatic carbocycles. The Labute approximate surface area is 183 Å². The van der Waals surface area contributed by atoms with Crippen molar-refractivity contribution >= 4 is 28.4 Å². The monoisotopic (exact) mass is 421 g/mol. The maximum absolute atomic E-state index is 12.8. The van der Waals surface area contributed by atoms with Crippen molar-refractivity contribution in [2.45, 2.75) is 46.0 Å². The molecule has 0 aliphatic heterocycles. The third-order valence-electron chi connectivity index (χ3n) is 5.49. The first-order valence-electron chi connectivity index (χ1n) is 10.9. The molecule has 0 saturated carbocycles. The van der Waals surface area contributed by atoms with Gasteiger partial charge in [0, 0.05) is 36.3 Å². The van der Waals surface area contributed by atoms with Crippen molar-refractivity contribution in [1.29, 1.82) is 0 Å². The molecule has 0 radical (unpaired) electrons. The summed E-state index contributed by atoms with van der Waals surface area (Å²) in [6, 6.07) is 16.6. The van der Waals surface area contributed by atoms with Gasteiger partial charge in [-0.15, -0.1) is 0 Å². The van der Waals surface area contributed by atoms with E-state index in [4.69, 9.17) is 5.21 Å². The van der Waals surface area contributed by atoms with E-state index >= 15 is 0 Å². The largest absolute Gasteiger partial charge is 0.361 e. The number of H-pyrrole nitrogens is 1. The minimum Gasteiger partial charge on any atom is -0.361 e. The van der Waals surface area contributed by atoms with Gasteiger partial charge in [-0.1, -0.05) is 51.0 Å². The number of carbonyl (C=O) groups excluding carboxylic acids is 2. The van der Waals surface area contributed by atoms with Crippen molar-refractivity contribution in [2.24, 2.45) is 5.92 Å². The van der Waals surface area contributed by atoms with E-state index in [9.17, 15) is 9.59 Å². The van der Waals surface area contributed by atoms with Crippen LogP contribution in [-0.2, 0) is 9.59 Å². The van der Waals surface area contributed by atoms with E-state index in [1.807, 2.05) is 37.1 Å². The minimum atomic E-state index is -0.355. The molecule has 0 spiro atoms. The highest BCUT2D eigenvalue weighted by atomic mass is 16.5. The van der Waals surface area contributed by atoms with E-state index in [-0.39, 0.29) is 17.7 Å². The van der Waals surface area contributed by atoms with E-state index in [1.54, 1.807) is 5.48 Å². The molecule has 1 aromatic heterocycles. The van der Waals surface area contributed by atoms with Crippen LogP contribution < -0.4 is 10.4 Å². The zero-order valence-corrected chi connectivity index (χ0v) is 18.2. The first-order chi connectivity index (χ1) is 15.0. The molecular formula is C25H31N3O3. The summed E-state index contributed by atoms with van der Waals surface area (Å²) < 4.78 is 0. The number of nitrogens with zero attached hydrogens (tertiary/aromatic N) is 1. The third-order valence-corrected chi connectivity index (χ3v) is 5.49. The molecule has 2 amide bonds. The highest BCUT2D eigenvalue weighted by Gasteiger charge is 2.18. The Morgan fingerprint density at radius 3 is 2.39 bits per heavy atom. The second-order valence-corrected chi connectivity index (χ2v) is 8.17. The molecule has 3 aromatic rings. The summed E-state index contributed by atoms with van der Waals surface area (Å²) in [6.07, 6.45) is 5.66. The molecule has 2 aromatic carbocycles. The maximum atomic E-state index is 12.8. The molecule has 164 valence electrons. The van der Waals surface area contributed by atoms with Crippen LogP contribution in [0.2, 0.25) is 0 Å². The lowest BCUT2D eigenvalue weighted by molar-refractivity contribution is -0.129. The molecule has 6 heteroatoms. The van der Waals surface area contributed by atoms with Gasteiger partial charge in [0.05, 0.1) is 0 Å². The standard InChI is InChI=1S/C25H31N3O3/c1-18(2)25(30)28(16-6-4-3-5-7-24(29)27-31)22-12-10-19(11-13-22)21-9-8-20-14-15-26-23(20)17-21/h8-15,17-18,26,31H,3-7,16H2,1-2H3,(H,27,29). The summed E-state index contributed by atoms with van der Waals surface area (Å²) >= 11 is 0. The van der Waals surface area contributed by atoms with Crippen LogP contribution in [0.3, 0.4) is 0 Å². The number of rotatable bonds is 10. The molecular weight excluding hydrogens is 390 g/mol. The van der Waals surface area contributed by atoms with Crippen LogP contribution in [0.1, 0.15) is 46.0 Å². The zero-order chi connectivity index (χ0) is 22.2. The molecule has 0 fully saturated rings. The van der Waals surface area contributed by atoms with Gasteiger partial charge in [-0.3, -0.25) is 14.8 Å². The molecule has 0 bridgehead atoms. The fourth-order valence-electron chi connectivity index (χ4n) is 3.70. The highest BCUT2D eigenvalue weighted by molar-refractivity contribution is 5.95. The van der Waals surface area contributed by atoms with Crippen LogP contribution in [-0.4, -0.2) is 28.6 Å². The SMILES string of the molecule is CC(C)C(=O)N(CCCCCCC(=O)NO)c1ccc(-c2ccc3cc[nH]c3c2)cc1. The van der Waals surface area contributed by atoms with Crippen LogP contribution >= 0.6 is 0 Å². The van der Waals surface area contributed by atoms with Gasteiger partial charge in [0.15, 0.2) is 0 Å².